The van der Waals surface area contributed by atoms with Gasteiger partial charge in [-0.1, -0.05) is 29.8 Å². The molecule has 0 aliphatic heterocycles. The molecule has 4 rings (SSSR count). The third-order valence-corrected chi connectivity index (χ3v) is 7.62. The number of carbonyl (C=O) groups is 1. The average molecular weight is 483 g/mol. The smallest absolute Gasteiger partial charge is 0.341 e. The maximum atomic E-state index is 13.1. The Bertz CT molecular complexity index is 1460. The van der Waals surface area contributed by atoms with Crippen LogP contribution in [0.2, 0.25) is 0 Å². The molecule has 33 heavy (non-hydrogen) atoms. The predicted molar refractivity (Wildman–Crippen MR) is 130 cm³/mol. The summed E-state index contributed by atoms with van der Waals surface area (Å²) >= 11 is 1.35. The van der Waals surface area contributed by atoms with Crippen molar-refractivity contribution in [1.82, 2.24) is 9.97 Å². The van der Waals surface area contributed by atoms with Crippen LogP contribution in [0, 0.1) is 20.8 Å². The SMILES string of the molecule is COC(=O)c1c(Nc2nc3ccccc3nc2NS(=O)(=O)c2ccc(C)cc2)sc(C)c1C. The van der Waals surface area contributed by atoms with E-state index in [1.54, 1.807) is 30.3 Å². The van der Waals surface area contributed by atoms with Gasteiger partial charge in [-0.2, -0.15) is 0 Å². The lowest BCUT2D eigenvalue weighted by Crippen LogP contribution is -2.16. The molecule has 0 unspecified atom stereocenters. The summed E-state index contributed by atoms with van der Waals surface area (Å²) in [6, 6.07) is 13.6. The molecular formula is C23H22N4O4S2. The average Bonchev–Trinajstić information content (AvgIpc) is 3.06. The van der Waals surface area contributed by atoms with Gasteiger partial charge in [-0.05, 0) is 50.6 Å². The number of para-hydroxylation sites is 2. The number of rotatable bonds is 6. The Morgan fingerprint density at radius 1 is 0.939 bits per heavy atom. The van der Waals surface area contributed by atoms with E-state index in [1.807, 2.05) is 26.8 Å². The molecule has 2 aromatic heterocycles. The quantitative estimate of drug-likeness (QED) is 0.374. The van der Waals surface area contributed by atoms with Gasteiger partial charge in [0.2, 0.25) is 0 Å². The number of anilines is 3. The molecule has 0 amide bonds. The van der Waals surface area contributed by atoms with Crippen molar-refractivity contribution in [3.8, 4) is 0 Å². The lowest BCUT2D eigenvalue weighted by atomic mass is 10.1. The van der Waals surface area contributed by atoms with Crippen LogP contribution in [-0.4, -0.2) is 31.5 Å². The second kappa shape index (κ2) is 8.80. The molecule has 8 nitrogen and oxygen atoms in total. The first-order valence-corrected chi connectivity index (χ1v) is 12.3. The number of hydrogen-bond donors (Lipinski definition) is 2. The van der Waals surface area contributed by atoms with E-state index >= 15 is 0 Å². The Hall–Kier alpha value is -3.50. The van der Waals surface area contributed by atoms with E-state index in [1.165, 1.54) is 30.6 Å². The van der Waals surface area contributed by atoms with Gasteiger partial charge in [0.25, 0.3) is 10.0 Å². The minimum atomic E-state index is -3.93. The van der Waals surface area contributed by atoms with Crippen LogP contribution in [0.5, 0.6) is 0 Å². The summed E-state index contributed by atoms with van der Waals surface area (Å²) in [5.41, 5.74) is 3.20. The molecule has 170 valence electrons. The number of ether oxygens (including phenoxy) is 1. The summed E-state index contributed by atoms with van der Waals surface area (Å²) in [5, 5.41) is 3.61. The van der Waals surface area contributed by atoms with Crippen LogP contribution in [0.3, 0.4) is 0 Å². The predicted octanol–water partition coefficient (Wildman–Crippen LogP) is 4.95. The van der Waals surface area contributed by atoms with Crippen molar-refractivity contribution in [3.05, 3.63) is 70.1 Å². The van der Waals surface area contributed by atoms with E-state index in [2.05, 4.69) is 20.0 Å². The third-order valence-electron chi connectivity index (χ3n) is 5.14. The Balaban J connectivity index is 1.82. The van der Waals surface area contributed by atoms with E-state index in [9.17, 15) is 13.2 Å². The molecule has 2 aromatic carbocycles. The number of fused-ring (bicyclic) bond motifs is 1. The molecule has 0 bridgehead atoms. The standard InChI is InChI=1S/C23H22N4O4S2/c1-13-9-11-16(12-10-13)33(29,30)27-21-20(24-17-7-5-6-8-18(17)25-21)26-22-19(23(28)31-4)14(2)15(3)32-22/h5-12H,1-4H3,(H,24,26)(H,25,27). The van der Waals surface area contributed by atoms with Crippen LogP contribution >= 0.6 is 11.3 Å². The van der Waals surface area contributed by atoms with Crippen molar-refractivity contribution in [2.75, 3.05) is 17.1 Å². The number of nitrogens with one attached hydrogen (secondary N) is 2. The zero-order valence-electron chi connectivity index (χ0n) is 18.5. The normalized spacial score (nSPS) is 11.4. The highest BCUT2D eigenvalue weighted by atomic mass is 32.2. The molecule has 0 spiro atoms. The highest BCUT2D eigenvalue weighted by Crippen LogP contribution is 2.36. The second-order valence-corrected chi connectivity index (χ2v) is 10.3. The first-order chi connectivity index (χ1) is 15.7. The van der Waals surface area contributed by atoms with E-state index in [-0.39, 0.29) is 16.5 Å². The van der Waals surface area contributed by atoms with Crippen LogP contribution in [0.15, 0.2) is 53.4 Å². The first kappa shape index (κ1) is 22.7. The summed E-state index contributed by atoms with van der Waals surface area (Å²) in [6.07, 6.45) is 0. The van der Waals surface area contributed by atoms with Crippen LogP contribution < -0.4 is 10.0 Å². The molecule has 10 heteroatoms. The van der Waals surface area contributed by atoms with Gasteiger partial charge in [0, 0.05) is 4.88 Å². The van der Waals surface area contributed by atoms with Gasteiger partial charge >= 0.3 is 5.97 Å². The zero-order valence-corrected chi connectivity index (χ0v) is 20.1. The number of aromatic nitrogens is 2. The maximum Gasteiger partial charge on any atom is 0.341 e. The van der Waals surface area contributed by atoms with Gasteiger partial charge in [-0.3, -0.25) is 4.72 Å². The summed E-state index contributed by atoms with van der Waals surface area (Å²) in [7, 11) is -2.61. The molecule has 0 aliphatic carbocycles. The fourth-order valence-electron chi connectivity index (χ4n) is 3.23. The molecule has 2 heterocycles. The molecule has 4 aromatic rings. The Kier molecular flexibility index (Phi) is 6.05. The number of thiophene rings is 1. The lowest BCUT2D eigenvalue weighted by Gasteiger charge is -2.14. The zero-order chi connectivity index (χ0) is 23.8. The largest absolute Gasteiger partial charge is 0.465 e. The van der Waals surface area contributed by atoms with Gasteiger partial charge in [0.05, 0.1) is 28.6 Å². The number of benzene rings is 2. The topological polar surface area (TPSA) is 110 Å². The minimum Gasteiger partial charge on any atom is -0.465 e. The van der Waals surface area contributed by atoms with Gasteiger partial charge in [0.15, 0.2) is 11.6 Å². The molecule has 0 atom stereocenters. The number of carbonyl (C=O) groups excluding carboxylic acids is 1. The molecule has 0 saturated carbocycles. The minimum absolute atomic E-state index is 0.0220. The lowest BCUT2D eigenvalue weighted by molar-refractivity contribution is 0.0601. The van der Waals surface area contributed by atoms with Crippen molar-refractivity contribution in [2.45, 2.75) is 25.7 Å². The molecule has 2 N–H and O–H groups in total. The van der Waals surface area contributed by atoms with Crippen molar-refractivity contribution >= 4 is 55.0 Å². The van der Waals surface area contributed by atoms with Gasteiger partial charge in [-0.15, -0.1) is 11.3 Å². The van der Waals surface area contributed by atoms with E-state index in [4.69, 9.17) is 4.74 Å². The second-order valence-electron chi connectivity index (χ2n) is 7.43. The molecule has 0 aliphatic rings. The number of aryl methyl sites for hydroxylation is 2. The van der Waals surface area contributed by atoms with Crippen molar-refractivity contribution in [2.24, 2.45) is 0 Å². The van der Waals surface area contributed by atoms with Gasteiger partial charge in [-0.25, -0.2) is 23.2 Å². The molecular weight excluding hydrogens is 460 g/mol. The fraction of sp³-hybridized carbons (Fsp3) is 0.174. The van der Waals surface area contributed by atoms with Crippen molar-refractivity contribution < 1.29 is 17.9 Å². The fourth-order valence-corrected chi connectivity index (χ4v) is 5.29. The van der Waals surface area contributed by atoms with Gasteiger partial charge < -0.3 is 10.1 Å². The van der Waals surface area contributed by atoms with Gasteiger partial charge in [0.1, 0.15) is 5.00 Å². The molecule has 0 saturated heterocycles. The van der Waals surface area contributed by atoms with Crippen LogP contribution in [-0.2, 0) is 14.8 Å². The maximum absolute atomic E-state index is 13.1. The first-order valence-electron chi connectivity index (χ1n) is 10.0. The monoisotopic (exact) mass is 482 g/mol. The van der Waals surface area contributed by atoms with Crippen LogP contribution in [0.25, 0.3) is 11.0 Å². The number of methoxy groups -OCH3 is 1. The number of nitrogens with zero attached hydrogens (tertiary/aromatic N) is 2. The van der Waals surface area contributed by atoms with E-state index < -0.39 is 16.0 Å². The Labute approximate surface area is 195 Å². The van der Waals surface area contributed by atoms with E-state index in [0.717, 1.165) is 16.0 Å². The Morgan fingerprint density at radius 2 is 1.55 bits per heavy atom. The number of esters is 1. The van der Waals surface area contributed by atoms with Crippen molar-refractivity contribution in [3.63, 3.8) is 0 Å². The summed E-state index contributed by atoms with van der Waals surface area (Å²) in [5.74, 6) is -0.292. The van der Waals surface area contributed by atoms with E-state index in [0.29, 0.717) is 21.6 Å². The summed E-state index contributed by atoms with van der Waals surface area (Å²) in [4.78, 5) is 22.5. The highest BCUT2D eigenvalue weighted by Gasteiger charge is 2.24. The molecule has 0 fully saturated rings. The van der Waals surface area contributed by atoms with Crippen molar-refractivity contribution in [1.29, 1.82) is 0 Å². The summed E-state index contributed by atoms with van der Waals surface area (Å²) in [6.45, 7) is 5.60. The number of hydrogen-bond acceptors (Lipinski definition) is 8. The van der Waals surface area contributed by atoms with Crippen LogP contribution in [0.4, 0.5) is 16.6 Å². The number of sulfonamides is 1. The molecule has 0 radical (unpaired) electrons. The summed E-state index contributed by atoms with van der Waals surface area (Å²) < 4.78 is 33.6. The highest BCUT2D eigenvalue weighted by molar-refractivity contribution is 7.92. The Morgan fingerprint density at radius 3 is 2.15 bits per heavy atom. The third kappa shape index (κ3) is 4.53. The van der Waals surface area contributed by atoms with Crippen LogP contribution in [0.1, 0.15) is 26.4 Å².